The van der Waals surface area contributed by atoms with Crippen molar-refractivity contribution in [2.24, 2.45) is 0 Å². The number of benzene rings is 2. The number of carbonyl (C=O) groups excluding carboxylic acids is 1. The quantitative estimate of drug-likeness (QED) is 0.572. The van der Waals surface area contributed by atoms with Crippen LogP contribution in [0, 0.1) is 5.82 Å². The Labute approximate surface area is 144 Å². The molecule has 2 rings (SSSR count). The van der Waals surface area contributed by atoms with Crippen molar-refractivity contribution in [1.29, 1.82) is 0 Å². The summed E-state index contributed by atoms with van der Waals surface area (Å²) in [7, 11) is 4.53. The van der Waals surface area contributed by atoms with E-state index >= 15 is 0 Å². The zero-order chi connectivity index (χ0) is 17.7. The summed E-state index contributed by atoms with van der Waals surface area (Å²) in [5, 5.41) is -0.0953. The molecule has 0 fully saturated rings. The molecule has 0 amide bonds. The highest BCUT2D eigenvalue weighted by Crippen LogP contribution is 2.38. The van der Waals surface area contributed by atoms with Crippen LogP contribution in [0.3, 0.4) is 0 Å². The highest BCUT2D eigenvalue weighted by molar-refractivity contribution is 6.31. The van der Waals surface area contributed by atoms with E-state index in [4.69, 9.17) is 25.8 Å². The number of ketones is 1. The predicted octanol–water partition coefficient (Wildman–Crippen LogP) is 4.40. The molecule has 0 aliphatic carbocycles. The third kappa shape index (κ3) is 3.86. The molecule has 0 unspecified atom stereocenters. The minimum Gasteiger partial charge on any atom is -0.493 e. The van der Waals surface area contributed by atoms with Gasteiger partial charge in [-0.2, -0.15) is 0 Å². The molecule has 0 radical (unpaired) electrons. The molecule has 0 atom stereocenters. The van der Waals surface area contributed by atoms with Crippen LogP contribution in [-0.4, -0.2) is 27.1 Å². The highest BCUT2D eigenvalue weighted by atomic mass is 35.5. The van der Waals surface area contributed by atoms with E-state index in [-0.39, 0.29) is 10.8 Å². The number of hydrogen-bond donors (Lipinski definition) is 0. The maximum atomic E-state index is 13.2. The average molecular weight is 351 g/mol. The summed E-state index contributed by atoms with van der Waals surface area (Å²) in [6.07, 6.45) is 2.97. The molecule has 24 heavy (non-hydrogen) atoms. The predicted molar refractivity (Wildman–Crippen MR) is 90.9 cm³/mol. The van der Waals surface area contributed by atoms with Crippen LogP contribution in [0.25, 0.3) is 6.08 Å². The highest BCUT2D eigenvalue weighted by Gasteiger charge is 2.12. The van der Waals surface area contributed by atoms with Gasteiger partial charge in [0.15, 0.2) is 17.3 Å². The summed E-state index contributed by atoms with van der Waals surface area (Å²) in [6, 6.07) is 7.25. The first-order valence-electron chi connectivity index (χ1n) is 6.97. The topological polar surface area (TPSA) is 44.8 Å². The van der Waals surface area contributed by atoms with E-state index in [1.807, 2.05) is 0 Å². The molecule has 0 heterocycles. The standard InChI is InChI=1S/C18H16ClFO4/c1-22-16-8-11(9-17(23-2)18(16)24-3)4-7-15(21)12-5-6-14(20)13(19)10-12/h4-10H,1-3H3/b7-4+. The van der Waals surface area contributed by atoms with Crippen molar-refractivity contribution in [3.05, 3.63) is 58.4 Å². The van der Waals surface area contributed by atoms with Gasteiger partial charge in [-0.1, -0.05) is 17.7 Å². The van der Waals surface area contributed by atoms with Crippen LogP contribution in [0.4, 0.5) is 4.39 Å². The number of methoxy groups -OCH3 is 3. The summed E-state index contributed by atoms with van der Waals surface area (Å²) in [5.74, 6) is 0.559. The molecular weight excluding hydrogens is 335 g/mol. The zero-order valence-electron chi connectivity index (χ0n) is 13.4. The molecule has 4 nitrogen and oxygen atoms in total. The van der Waals surface area contributed by atoms with Crippen molar-refractivity contribution in [3.8, 4) is 17.2 Å². The van der Waals surface area contributed by atoms with Gasteiger partial charge in [-0.05, 0) is 42.0 Å². The van der Waals surface area contributed by atoms with Crippen molar-refractivity contribution in [1.82, 2.24) is 0 Å². The Hall–Kier alpha value is -2.53. The molecule has 0 saturated heterocycles. The SMILES string of the molecule is COc1cc(/C=C/C(=O)c2ccc(F)c(Cl)c2)cc(OC)c1OC. The van der Waals surface area contributed by atoms with Gasteiger partial charge in [0, 0.05) is 5.56 Å². The second kappa shape index (κ2) is 7.84. The molecular formula is C18H16ClFO4. The van der Waals surface area contributed by atoms with Gasteiger partial charge in [-0.25, -0.2) is 4.39 Å². The molecule has 0 bridgehead atoms. The van der Waals surface area contributed by atoms with Crippen LogP contribution in [0.2, 0.25) is 5.02 Å². The minimum absolute atomic E-state index is 0.0953. The van der Waals surface area contributed by atoms with Gasteiger partial charge in [0.2, 0.25) is 5.75 Å². The van der Waals surface area contributed by atoms with E-state index in [0.717, 1.165) is 6.07 Å². The second-order valence-corrected chi connectivity index (χ2v) is 5.19. The number of rotatable bonds is 6. The van der Waals surface area contributed by atoms with Gasteiger partial charge in [-0.15, -0.1) is 0 Å². The number of halogens is 2. The van der Waals surface area contributed by atoms with E-state index in [1.165, 1.54) is 39.5 Å². The van der Waals surface area contributed by atoms with Crippen LogP contribution in [0.5, 0.6) is 17.2 Å². The van der Waals surface area contributed by atoms with Crippen molar-refractivity contribution in [2.45, 2.75) is 0 Å². The summed E-state index contributed by atoms with van der Waals surface area (Å²) < 4.78 is 28.9. The summed E-state index contributed by atoms with van der Waals surface area (Å²) in [4.78, 5) is 12.2. The third-order valence-corrected chi connectivity index (χ3v) is 3.61. The van der Waals surface area contributed by atoms with Gasteiger partial charge in [0.25, 0.3) is 0 Å². The molecule has 0 aromatic heterocycles. The Balaban J connectivity index is 2.30. The first-order chi connectivity index (χ1) is 11.5. The Bertz CT molecular complexity index is 762. The van der Waals surface area contributed by atoms with E-state index < -0.39 is 5.82 Å². The van der Waals surface area contributed by atoms with Crippen molar-refractivity contribution >= 4 is 23.5 Å². The van der Waals surface area contributed by atoms with E-state index in [9.17, 15) is 9.18 Å². The largest absolute Gasteiger partial charge is 0.493 e. The summed E-state index contributed by atoms with van der Waals surface area (Å²) in [6.45, 7) is 0. The molecule has 2 aromatic rings. The Kier molecular flexibility index (Phi) is 5.82. The molecule has 2 aromatic carbocycles. The average Bonchev–Trinajstić information content (AvgIpc) is 2.60. The number of hydrogen-bond acceptors (Lipinski definition) is 4. The van der Waals surface area contributed by atoms with Crippen LogP contribution < -0.4 is 14.2 Å². The van der Waals surface area contributed by atoms with E-state index in [1.54, 1.807) is 18.2 Å². The number of ether oxygens (including phenoxy) is 3. The van der Waals surface area contributed by atoms with Gasteiger partial charge >= 0.3 is 0 Å². The first kappa shape index (κ1) is 17.8. The lowest BCUT2D eigenvalue weighted by atomic mass is 10.1. The Morgan fingerprint density at radius 3 is 2.17 bits per heavy atom. The van der Waals surface area contributed by atoms with Crippen LogP contribution in [0.15, 0.2) is 36.4 Å². The first-order valence-corrected chi connectivity index (χ1v) is 7.35. The molecule has 0 N–H and O–H groups in total. The van der Waals surface area contributed by atoms with Crippen LogP contribution in [-0.2, 0) is 0 Å². The molecule has 0 saturated carbocycles. The maximum Gasteiger partial charge on any atom is 0.203 e. The monoisotopic (exact) mass is 350 g/mol. The fourth-order valence-corrected chi connectivity index (χ4v) is 2.30. The summed E-state index contributed by atoms with van der Waals surface area (Å²) >= 11 is 5.69. The molecule has 126 valence electrons. The van der Waals surface area contributed by atoms with Gasteiger partial charge in [0.05, 0.1) is 26.4 Å². The molecule has 0 spiro atoms. The lowest BCUT2D eigenvalue weighted by Gasteiger charge is -2.12. The Morgan fingerprint density at radius 1 is 1.04 bits per heavy atom. The van der Waals surface area contributed by atoms with Gasteiger partial charge in [-0.3, -0.25) is 4.79 Å². The van der Waals surface area contributed by atoms with Crippen LogP contribution >= 0.6 is 11.6 Å². The third-order valence-electron chi connectivity index (χ3n) is 3.32. The van der Waals surface area contributed by atoms with Crippen molar-refractivity contribution in [3.63, 3.8) is 0 Å². The molecule has 0 aliphatic heterocycles. The Morgan fingerprint density at radius 2 is 1.67 bits per heavy atom. The van der Waals surface area contributed by atoms with Gasteiger partial charge in [0.1, 0.15) is 5.82 Å². The normalized spacial score (nSPS) is 10.7. The van der Waals surface area contributed by atoms with E-state index in [2.05, 4.69) is 0 Å². The molecule has 0 aliphatic rings. The summed E-state index contributed by atoms with van der Waals surface area (Å²) in [5.41, 5.74) is 0.983. The number of allylic oxidation sites excluding steroid dienone is 1. The lowest BCUT2D eigenvalue weighted by Crippen LogP contribution is -1.96. The van der Waals surface area contributed by atoms with Gasteiger partial charge < -0.3 is 14.2 Å². The molecule has 6 heteroatoms. The minimum atomic E-state index is -0.568. The van der Waals surface area contributed by atoms with Crippen LogP contribution in [0.1, 0.15) is 15.9 Å². The zero-order valence-corrected chi connectivity index (χ0v) is 14.2. The van der Waals surface area contributed by atoms with Crippen molar-refractivity contribution in [2.75, 3.05) is 21.3 Å². The maximum absolute atomic E-state index is 13.2. The lowest BCUT2D eigenvalue weighted by molar-refractivity contribution is 0.104. The van der Waals surface area contributed by atoms with Crippen molar-refractivity contribution < 1.29 is 23.4 Å². The fourth-order valence-electron chi connectivity index (χ4n) is 2.12. The fraction of sp³-hybridized carbons (Fsp3) is 0.167. The number of carbonyl (C=O) groups is 1. The second-order valence-electron chi connectivity index (χ2n) is 4.79. The smallest absolute Gasteiger partial charge is 0.203 e. The van der Waals surface area contributed by atoms with E-state index in [0.29, 0.717) is 28.4 Å².